The Balaban J connectivity index is 1.75. The second-order valence-corrected chi connectivity index (χ2v) is 7.56. The molecule has 2 aromatic rings. The molecule has 25 heavy (non-hydrogen) atoms. The molecule has 8 heteroatoms. The van der Waals surface area contributed by atoms with Crippen molar-refractivity contribution >= 4 is 28.3 Å². The molecule has 2 aliphatic rings. The predicted octanol–water partition coefficient (Wildman–Crippen LogP) is 2.01. The molecule has 0 radical (unpaired) electrons. The highest BCUT2D eigenvalue weighted by atomic mass is 32.1. The van der Waals surface area contributed by atoms with E-state index < -0.39 is 17.8 Å². The lowest BCUT2D eigenvalue weighted by Crippen LogP contribution is -2.51. The number of likely N-dealkylation sites (tertiary alicyclic amines) is 1. The van der Waals surface area contributed by atoms with Crippen LogP contribution < -0.4 is 11.5 Å². The zero-order valence-electron chi connectivity index (χ0n) is 13.3. The maximum absolute atomic E-state index is 13.6. The number of rotatable bonds is 3. The standard InChI is InChI=1S/C17H17FN4O2S/c18-10-3-1-2-9(6-10)14-12(21-17(20)25-14)16(24)22-11-5-4-8(7-11)13(22)15(19)23/h1-3,6,8,11,13H,4-5,7H2,(H2,19,23)(H2,20,21)/t8-,11+,13-/m0/s1. The summed E-state index contributed by atoms with van der Waals surface area (Å²) < 4.78 is 13.6. The number of anilines is 1. The van der Waals surface area contributed by atoms with Gasteiger partial charge in [0, 0.05) is 6.04 Å². The Bertz CT molecular complexity index is 868. The number of nitrogens with zero attached hydrogens (tertiary/aromatic N) is 2. The number of halogens is 1. The van der Waals surface area contributed by atoms with Crippen LogP contribution in [0.1, 0.15) is 29.8 Å². The van der Waals surface area contributed by atoms with Crippen molar-refractivity contribution in [3.05, 3.63) is 35.8 Å². The van der Waals surface area contributed by atoms with Crippen molar-refractivity contribution in [3.63, 3.8) is 0 Å². The van der Waals surface area contributed by atoms with Gasteiger partial charge in [-0.2, -0.15) is 0 Å². The Morgan fingerprint density at radius 3 is 2.84 bits per heavy atom. The maximum Gasteiger partial charge on any atom is 0.275 e. The summed E-state index contributed by atoms with van der Waals surface area (Å²) >= 11 is 1.13. The summed E-state index contributed by atoms with van der Waals surface area (Å²) in [5, 5.41) is 0.225. The van der Waals surface area contributed by atoms with E-state index in [0.717, 1.165) is 30.6 Å². The Labute approximate surface area is 147 Å². The number of carbonyl (C=O) groups excluding carboxylic acids is 2. The van der Waals surface area contributed by atoms with Crippen LogP contribution in [0, 0.1) is 11.7 Å². The van der Waals surface area contributed by atoms with Gasteiger partial charge in [0.2, 0.25) is 5.91 Å². The lowest BCUT2D eigenvalue weighted by atomic mass is 9.97. The molecule has 0 unspecified atom stereocenters. The summed E-state index contributed by atoms with van der Waals surface area (Å²) in [7, 11) is 0. The molecule has 4 rings (SSSR count). The zero-order chi connectivity index (χ0) is 17.7. The minimum atomic E-state index is -0.602. The summed E-state index contributed by atoms with van der Waals surface area (Å²) in [6.07, 6.45) is 2.54. The number of primary amides is 1. The van der Waals surface area contributed by atoms with Crippen molar-refractivity contribution in [2.45, 2.75) is 31.3 Å². The third-order valence-corrected chi connectivity index (χ3v) is 5.98. The second-order valence-electron chi connectivity index (χ2n) is 6.53. The summed E-state index contributed by atoms with van der Waals surface area (Å²) in [6, 6.07) is 5.34. The van der Waals surface area contributed by atoms with Gasteiger partial charge in [-0.15, -0.1) is 0 Å². The van der Waals surface area contributed by atoms with Gasteiger partial charge in [0.15, 0.2) is 5.13 Å². The fourth-order valence-corrected chi connectivity index (χ4v) is 4.90. The fourth-order valence-electron chi connectivity index (χ4n) is 4.08. The van der Waals surface area contributed by atoms with Crippen LogP contribution >= 0.6 is 11.3 Å². The van der Waals surface area contributed by atoms with Gasteiger partial charge in [-0.3, -0.25) is 9.59 Å². The van der Waals surface area contributed by atoms with Crippen LogP contribution in [0.5, 0.6) is 0 Å². The Kier molecular flexibility index (Phi) is 3.72. The molecule has 0 spiro atoms. The van der Waals surface area contributed by atoms with Gasteiger partial charge >= 0.3 is 0 Å². The monoisotopic (exact) mass is 360 g/mol. The number of benzene rings is 1. The third-order valence-electron chi connectivity index (χ3n) is 5.04. The summed E-state index contributed by atoms with van der Waals surface area (Å²) in [5.41, 5.74) is 12.1. The molecule has 4 N–H and O–H groups in total. The van der Waals surface area contributed by atoms with Crippen LogP contribution in [0.3, 0.4) is 0 Å². The van der Waals surface area contributed by atoms with Crippen LogP contribution in [0.2, 0.25) is 0 Å². The number of fused-ring (bicyclic) bond motifs is 2. The SMILES string of the molecule is NC(=O)[C@@H]1[C@H]2CC[C@H](C2)N1C(=O)c1nc(N)sc1-c1cccc(F)c1. The molecule has 2 fully saturated rings. The predicted molar refractivity (Wildman–Crippen MR) is 92.2 cm³/mol. The number of piperidine rings is 1. The van der Waals surface area contributed by atoms with Crippen molar-refractivity contribution in [2.75, 3.05) is 5.73 Å². The molecule has 1 aromatic carbocycles. The van der Waals surface area contributed by atoms with Crippen molar-refractivity contribution in [1.82, 2.24) is 9.88 Å². The van der Waals surface area contributed by atoms with E-state index >= 15 is 0 Å². The third kappa shape index (κ3) is 2.57. The quantitative estimate of drug-likeness (QED) is 0.874. The number of nitrogen functional groups attached to an aromatic ring is 1. The highest BCUT2D eigenvalue weighted by Gasteiger charge is 2.51. The van der Waals surface area contributed by atoms with E-state index in [1.807, 2.05) is 0 Å². The van der Waals surface area contributed by atoms with Crippen LogP contribution in [-0.2, 0) is 4.79 Å². The molecule has 1 aliphatic carbocycles. The molecule has 3 atom stereocenters. The molecule has 2 bridgehead atoms. The van der Waals surface area contributed by atoms with Gasteiger partial charge < -0.3 is 16.4 Å². The molecule has 1 saturated heterocycles. The van der Waals surface area contributed by atoms with E-state index in [4.69, 9.17) is 11.5 Å². The molecular formula is C17H17FN4O2S. The van der Waals surface area contributed by atoms with Gasteiger partial charge in [-0.05, 0) is 42.9 Å². The lowest BCUT2D eigenvalue weighted by Gasteiger charge is -2.33. The number of hydrogen-bond acceptors (Lipinski definition) is 5. The van der Waals surface area contributed by atoms with Crippen LogP contribution in [0.15, 0.2) is 24.3 Å². The molecule has 130 valence electrons. The highest BCUT2D eigenvalue weighted by molar-refractivity contribution is 7.19. The van der Waals surface area contributed by atoms with Gasteiger partial charge in [-0.1, -0.05) is 23.5 Å². The van der Waals surface area contributed by atoms with Crippen LogP contribution in [0.4, 0.5) is 9.52 Å². The van der Waals surface area contributed by atoms with E-state index in [1.54, 1.807) is 17.0 Å². The molecule has 1 aliphatic heterocycles. The first-order valence-corrected chi connectivity index (χ1v) is 8.91. The highest BCUT2D eigenvalue weighted by Crippen LogP contribution is 2.44. The summed E-state index contributed by atoms with van der Waals surface area (Å²) in [6.45, 7) is 0. The Hall–Kier alpha value is -2.48. The first kappa shape index (κ1) is 16.0. The first-order valence-electron chi connectivity index (χ1n) is 8.10. The van der Waals surface area contributed by atoms with Crippen LogP contribution in [-0.4, -0.2) is 33.8 Å². The second kappa shape index (κ2) is 5.80. The maximum atomic E-state index is 13.6. The largest absolute Gasteiger partial charge is 0.375 e. The molecule has 2 heterocycles. The summed E-state index contributed by atoms with van der Waals surface area (Å²) in [4.78, 5) is 31.3. The molecular weight excluding hydrogens is 343 g/mol. The number of aromatic nitrogens is 1. The van der Waals surface area contributed by atoms with Crippen LogP contribution in [0.25, 0.3) is 10.4 Å². The summed E-state index contributed by atoms with van der Waals surface area (Å²) in [5.74, 6) is -1.14. The average Bonchev–Trinajstić information content (AvgIpc) is 3.27. The van der Waals surface area contributed by atoms with Gasteiger partial charge in [0.05, 0.1) is 4.88 Å². The topological polar surface area (TPSA) is 102 Å². The van der Waals surface area contributed by atoms with Gasteiger partial charge in [-0.25, -0.2) is 9.37 Å². The van der Waals surface area contributed by atoms with E-state index in [0.29, 0.717) is 10.4 Å². The van der Waals surface area contributed by atoms with Crippen molar-refractivity contribution in [2.24, 2.45) is 11.7 Å². The van der Waals surface area contributed by atoms with E-state index in [9.17, 15) is 14.0 Å². The molecule has 1 aromatic heterocycles. The normalized spacial score (nSPS) is 24.7. The lowest BCUT2D eigenvalue weighted by molar-refractivity contribution is -0.123. The van der Waals surface area contributed by atoms with E-state index in [2.05, 4.69) is 4.98 Å². The number of carbonyl (C=O) groups is 2. The first-order chi connectivity index (χ1) is 12.0. The molecule has 2 amide bonds. The van der Waals surface area contributed by atoms with E-state index in [-0.39, 0.29) is 28.7 Å². The van der Waals surface area contributed by atoms with E-state index in [1.165, 1.54) is 12.1 Å². The fraction of sp³-hybridized carbons (Fsp3) is 0.353. The number of amides is 2. The van der Waals surface area contributed by atoms with Gasteiger partial charge in [0.1, 0.15) is 17.6 Å². The Morgan fingerprint density at radius 1 is 1.32 bits per heavy atom. The molecule has 6 nitrogen and oxygen atoms in total. The molecule has 1 saturated carbocycles. The van der Waals surface area contributed by atoms with Crippen molar-refractivity contribution < 1.29 is 14.0 Å². The number of hydrogen-bond donors (Lipinski definition) is 2. The Morgan fingerprint density at radius 2 is 2.12 bits per heavy atom. The minimum Gasteiger partial charge on any atom is -0.375 e. The zero-order valence-corrected chi connectivity index (χ0v) is 14.1. The number of thiazole rings is 1. The van der Waals surface area contributed by atoms with Crippen molar-refractivity contribution in [3.8, 4) is 10.4 Å². The number of nitrogens with two attached hydrogens (primary N) is 2. The van der Waals surface area contributed by atoms with Gasteiger partial charge in [0.25, 0.3) is 5.91 Å². The van der Waals surface area contributed by atoms with Crippen molar-refractivity contribution in [1.29, 1.82) is 0 Å². The minimum absolute atomic E-state index is 0.00159. The smallest absolute Gasteiger partial charge is 0.275 e. The average molecular weight is 360 g/mol.